The van der Waals surface area contributed by atoms with Crippen LogP contribution in [0.1, 0.15) is 158 Å². The summed E-state index contributed by atoms with van der Waals surface area (Å²) in [6.45, 7) is 38.6. The van der Waals surface area contributed by atoms with Gasteiger partial charge in [0.05, 0.1) is 25.0 Å². The number of phenols is 2. The summed E-state index contributed by atoms with van der Waals surface area (Å²) >= 11 is 5.50. The third-order valence-electron chi connectivity index (χ3n) is 10.4. The maximum Gasteiger partial charge on any atom is 0.309 e. The van der Waals surface area contributed by atoms with Crippen LogP contribution in [0.15, 0.2) is 24.3 Å². The van der Waals surface area contributed by atoms with E-state index < -0.39 is 0 Å². The molecule has 2 unspecified atom stereocenters. The van der Waals surface area contributed by atoms with Crippen LogP contribution in [0.3, 0.4) is 0 Å². The van der Waals surface area contributed by atoms with Gasteiger partial charge in [-0.05, 0) is 67.9 Å². The van der Waals surface area contributed by atoms with Crippen molar-refractivity contribution in [3.05, 3.63) is 57.6 Å². The van der Waals surface area contributed by atoms with E-state index in [0.717, 1.165) is 80.7 Å². The molecule has 59 heavy (non-hydrogen) atoms. The third kappa shape index (κ3) is 17.7. The number of hydrogen-bond donors (Lipinski definition) is 2. The molecule has 2 rings (SSSR count). The van der Waals surface area contributed by atoms with Crippen LogP contribution in [0.4, 0.5) is 0 Å². The number of rotatable bonds is 20. The van der Waals surface area contributed by atoms with Crippen LogP contribution in [0.25, 0.3) is 0 Å². The minimum Gasteiger partial charge on any atom is -0.507 e. The monoisotopic (exact) mass is 875 g/mol. The number of thioether (sulfide) groups is 3. The molecule has 0 bridgehead atoms. The van der Waals surface area contributed by atoms with Crippen molar-refractivity contribution in [3.63, 3.8) is 0 Å². The van der Waals surface area contributed by atoms with Crippen molar-refractivity contribution in [2.45, 2.75) is 159 Å². The average Bonchev–Trinajstić information content (AvgIpc) is 3.07. The van der Waals surface area contributed by atoms with Crippen LogP contribution < -0.4 is 0 Å². The zero-order chi connectivity index (χ0) is 45.4. The molecule has 0 aliphatic heterocycles. The zero-order valence-electron chi connectivity index (χ0n) is 40.3. The number of benzene rings is 2. The number of hydrogen-bond acceptors (Lipinski definition) is 9. The highest BCUT2D eigenvalue weighted by atomic mass is 32.2. The number of phenolic OH excluding ortho intramolecular Hbond substituents is 2. The molecule has 0 saturated heterocycles. The quantitative estimate of drug-likeness (QED) is 0.0996. The number of ether oxygens (including phenoxy) is 2. The summed E-state index contributed by atoms with van der Waals surface area (Å²) < 4.78 is 11.7. The van der Waals surface area contributed by atoms with E-state index in [2.05, 4.69) is 135 Å². The molecule has 0 aliphatic carbocycles. The van der Waals surface area contributed by atoms with Crippen LogP contribution >= 0.6 is 35.3 Å². The van der Waals surface area contributed by atoms with E-state index in [9.17, 15) is 19.8 Å². The number of carbonyl (C=O) groups excluding carboxylic acids is 2. The largest absolute Gasteiger partial charge is 0.507 e. The molecule has 336 valence electrons. The Morgan fingerprint density at radius 1 is 0.492 bits per heavy atom. The Labute approximate surface area is 373 Å². The van der Waals surface area contributed by atoms with Crippen LogP contribution in [-0.2, 0) is 53.6 Å². The highest BCUT2D eigenvalue weighted by molar-refractivity contribution is 8.04. The normalized spacial score (nSPS) is 14.3. The standard InChI is InChI=1S/C50H82O6S3/c1-33(43(53)55-31-49(15,16)27-35-23-37(45(3,4)5)41(51)38(24-35)46(6,7)8)29-58-21-19-57-20-22-59-30-34(2)44(54)56-32-50(17,18)28-36-25-39(47(9,10)11)42(52)40(26-36)48(12,13)14/h23-26,33-34,51-52H,19-22,27-32H2,1-18H3. The molecule has 0 radical (unpaired) electrons. The molecule has 2 atom stereocenters. The van der Waals surface area contributed by atoms with Gasteiger partial charge in [-0.1, -0.05) is 149 Å². The topological polar surface area (TPSA) is 93.1 Å². The SMILES string of the molecule is CC(CSCCSCCSCC(C)C(=O)OCC(C)(C)Cc1cc(C(C)(C)C)c(O)c(C(C)(C)C)c1)C(=O)OCC(C)(C)Cc1cc(C(C)(C)C)c(O)c(C(C)(C)C)c1. The predicted octanol–water partition coefficient (Wildman–Crippen LogP) is 12.7. The van der Waals surface area contributed by atoms with E-state index in [1.54, 1.807) is 23.5 Å². The van der Waals surface area contributed by atoms with Crippen molar-refractivity contribution in [1.29, 1.82) is 0 Å². The molecule has 6 nitrogen and oxygen atoms in total. The lowest BCUT2D eigenvalue weighted by molar-refractivity contribution is -0.151. The minimum atomic E-state index is -0.253. The van der Waals surface area contributed by atoms with Crippen LogP contribution in [0, 0.1) is 22.7 Å². The number of esters is 2. The molecule has 0 heterocycles. The smallest absolute Gasteiger partial charge is 0.309 e. The summed E-state index contributed by atoms with van der Waals surface area (Å²) in [5.41, 5.74) is 4.83. The van der Waals surface area contributed by atoms with Gasteiger partial charge in [-0.2, -0.15) is 35.3 Å². The molecule has 0 amide bonds. The second-order valence-electron chi connectivity index (χ2n) is 22.5. The van der Waals surface area contributed by atoms with Gasteiger partial charge in [0.25, 0.3) is 0 Å². The molecule has 0 aliphatic rings. The molecule has 0 aromatic heterocycles. The summed E-state index contributed by atoms with van der Waals surface area (Å²) in [5.74, 6) is 5.57. The van der Waals surface area contributed by atoms with Gasteiger partial charge in [0, 0.05) is 45.3 Å². The van der Waals surface area contributed by atoms with E-state index in [1.165, 1.54) is 0 Å². The zero-order valence-corrected chi connectivity index (χ0v) is 42.7. The van der Waals surface area contributed by atoms with Gasteiger partial charge in [0.15, 0.2) is 0 Å². The van der Waals surface area contributed by atoms with E-state index in [0.29, 0.717) is 24.7 Å². The summed E-state index contributed by atoms with van der Waals surface area (Å²) in [5, 5.41) is 22.2. The molecular formula is C50H82O6S3. The van der Waals surface area contributed by atoms with Gasteiger partial charge in [-0.25, -0.2) is 0 Å². The third-order valence-corrected chi connectivity index (χ3v) is 14.4. The van der Waals surface area contributed by atoms with Crippen molar-refractivity contribution in [3.8, 4) is 11.5 Å². The minimum absolute atomic E-state index is 0.149. The van der Waals surface area contributed by atoms with Gasteiger partial charge in [0.1, 0.15) is 11.5 Å². The summed E-state index contributed by atoms with van der Waals surface area (Å²) in [6.07, 6.45) is 1.49. The van der Waals surface area contributed by atoms with Crippen molar-refractivity contribution in [1.82, 2.24) is 0 Å². The fraction of sp³-hybridized carbons (Fsp3) is 0.720. The maximum absolute atomic E-state index is 12.9. The van der Waals surface area contributed by atoms with E-state index in [-0.39, 0.29) is 56.3 Å². The van der Waals surface area contributed by atoms with Crippen LogP contribution in [0.5, 0.6) is 11.5 Å². The molecule has 2 aromatic rings. The highest BCUT2D eigenvalue weighted by Gasteiger charge is 2.31. The van der Waals surface area contributed by atoms with Gasteiger partial charge in [-0.3, -0.25) is 9.59 Å². The maximum atomic E-state index is 12.9. The molecule has 2 N–H and O–H groups in total. The summed E-state index contributed by atoms with van der Waals surface area (Å²) in [6, 6.07) is 8.48. The van der Waals surface area contributed by atoms with Gasteiger partial charge < -0.3 is 19.7 Å². The lowest BCUT2D eigenvalue weighted by atomic mass is 9.76. The summed E-state index contributed by atoms with van der Waals surface area (Å²) in [4.78, 5) is 25.9. The van der Waals surface area contributed by atoms with Crippen LogP contribution in [0.2, 0.25) is 0 Å². The second-order valence-corrected chi connectivity index (χ2v) is 26.1. The van der Waals surface area contributed by atoms with E-state index in [4.69, 9.17) is 9.47 Å². The first-order valence-electron chi connectivity index (χ1n) is 21.6. The average molecular weight is 875 g/mol. The van der Waals surface area contributed by atoms with Crippen LogP contribution in [-0.4, -0.2) is 69.9 Å². The number of carbonyl (C=O) groups is 2. The van der Waals surface area contributed by atoms with Crippen molar-refractivity contribution >= 4 is 47.2 Å². The molecular weight excluding hydrogens is 793 g/mol. The van der Waals surface area contributed by atoms with E-state index in [1.807, 2.05) is 25.6 Å². The Morgan fingerprint density at radius 3 is 1.00 bits per heavy atom. The Morgan fingerprint density at radius 2 is 0.746 bits per heavy atom. The first kappa shape index (κ1) is 53.2. The molecule has 2 aromatic carbocycles. The predicted molar refractivity (Wildman–Crippen MR) is 258 cm³/mol. The van der Waals surface area contributed by atoms with Crippen molar-refractivity contribution in [2.24, 2.45) is 22.7 Å². The first-order valence-corrected chi connectivity index (χ1v) is 25.0. The Bertz CT molecular complexity index is 1490. The molecule has 0 fully saturated rings. The van der Waals surface area contributed by atoms with Gasteiger partial charge in [-0.15, -0.1) is 0 Å². The molecule has 0 saturated carbocycles. The highest BCUT2D eigenvalue weighted by Crippen LogP contribution is 2.42. The first-order chi connectivity index (χ1) is 26.7. The van der Waals surface area contributed by atoms with Gasteiger partial charge >= 0.3 is 11.9 Å². The molecule has 9 heteroatoms. The number of aromatic hydroxyl groups is 2. The lowest BCUT2D eigenvalue weighted by Gasteiger charge is -2.30. The second kappa shape index (κ2) is 21.4. The lowest BCUT2D eigenvalue weighted by Crippen LogP contribution is -2.28. The van der Waals surface area contributed by atoms with E-state index >= 15 is 0 Å². The van der Waals surface area contributed by atoms with Crippen molar-refractivity contribution < 1.29 is 29.3 Å². The van der Waals surface area contributed by atoms with Crippen molar-refractivity contribution in [2.75, 3.05) is 47.7 Å². The summed E-state index contributed by atoms with van der Waals surface area (Å²) in [7, 11) is 0. The fourth-order valence-electron chi connectivity index (χ4n) is 6.90. The Kier molecular flexibility index (Phi) is 19.3. The van der Waals surface area contributed by atoms with Gasteiger partial charge in [0.2, 0.25) is 0 Å². The Hall–Kier alpha value is -1.97. The Balaban J connectivity index is 1.70. The molecule has 0 spiro atoms. The fourth-order valence-corrected chi connectivity index (χ4v) is 10.3.